The van der Waals surface area contributed by atoms with Crippen molar-refractivity contribution in [3.8, 4) is 0 Å². The fourth-order valence-electron chi connectivity index (χ4n) is 6.32. The smallest absolute Gasteiger partial charge is 0.306 e. The topological polar surface area (TPSA) is 135 Å². The lowest BCUT2D eigenvalue weighted by molar-refractivity contribution is -0.305. The van der Waals surface area contributed by atoms with Gasteiger partial charge in [-0.1, -0.05) is 162 Å². The average molecular weight is 689 g/mol. The standard InChI is InChI=1S/C39H76O9/c1-3-5-7-9-11-13-15-17-19-21-23-25-27-29-45-31-33(32-46-39-38(44)37(43)36(42)34(30-40)48-39)47-35(41)28-26-24-22-20-18-16-14-12-10-8-6-4-2/h33-34,36-40,42-44H,3-32H2,1-2H3/t33-,34+,36+,37+,38+,39-/m0/s1. The number of rotatable bonds is 34. The van der Waals surface area contributed by atoms with Crippen LogP contribution in [0.1, 0.15) is 181 Å². The zero-order valence-electron chi connectivity index (χ0n) is 31.0. The number of unbranched alkanes of at least 4 members (excludes halogenated alkanes) is 23. The van der Waals surface area contributed by atoms with Gasteiger partial charge in [0.25, 0.3) is 0 Å². The quantitative estimate of drug-likeness (QED) is 0.0393. The van der Waals surface area contributed by atoms with Gasteiger partial charge in [0.15, 0.2) is 6.29 Å². The van der Waals surface area contributed by atoms with E-state index in [0.717, 1.165) is 32.1 Å². The predicted molar refractivity (Wildman–Crippen MR) is 192 cm³/mol. The third-order valence-electron chi connectivity index (χ3n) is 9.52. The SMILES string of the molecule is CCCCCCCCCCCCCCCOC[C@@H](CO[C@H]1O[C@H](CO)[C@@H](O)[C@@H](O)[C@H]1O)OC(=O)CCCCCCCCCCCCCC. The Morgan fingerprint density at radius 2 is 1.02 bits per heavy atom. The summed E-state index contributed by atoms with van der Waals surface area (Å²) in [6.07, 6.45) is 24.1. The number of hydrogen-bond acceptors (Lipinski definition) is 9. The van der Waals surface area contributed by atoms with Crippen LogP contribution in [0.25, 0.3) is 0 Å². The number of aliphatic hydroxyl groups excluding tert-OH is 4. The Morgan fingerprint density at radius 1 is 0.583 bits per heavy atom. The maximum Gasteiger partial charge on any atom is 0.306 e. The summed E-state index contributed by atoms with van der Waals surface area (Å²) < 4.78 is 22.7. The predicted octanol–water partition coefficient (Wildman–Crippen LogP) is 7.91. The van der Waals surface area contributed by atoms with Crippen molar-refractivity contribution < 1.29 is 44.2 Å². The Labute approximate surface area is 293 Å². The molecule has 9 nitrogen and oxygen atoms in total. The summed E-state index contributed by atoms with van der Waals surface area (Å²) in [5, 5.41) is 39.9. The lowest BCUT2D eigenvalue weighted by atomic mass is 9.99. The molecule has 0 saturated carbocycles. The van der Waals surface area contributed by atoms with Crippen LogP contribution in [0.5, 0.6) is 0 Å². The van der Waals surface area contributed by atoms with Crippen molar-refractivity contribution >= 4 is 5.97 Å². The Morgan fingerprint density at radius 3 is 1.48 bits per heavy atom. The van der Waals surface area contributed by atoms with Crippen molar-refractivity contribution in [2.75, 3.05) is 26.4 Å². The second-order valence-electron chi connectivity index (χ2n) is 14.1. The van der Waals surface area contributed by atoms with Crippen molar-refractivity contribution in [3.63, 3.8) is 0 Å². The lowest BCUT2D eigenvalue weighted by Gasteiger charge is -2.39. The first-order valence-electron chi connectivity index (χ1n) is 20.1. The molecule has 0 unspecified atom stereocenters. The van der Waals surface area contributed by atoms with Crippen molar-refractivity contribution in [2.45, 2.75) is 218 Å². The largest absolute Gasteiger partial charge is 0.457 e. The highest BCUT2D eigenvalue weighted by molar-refractivity contribution is 5.69. The second kappa shape index (κ2) is 32.1. The van der Waals surface area contributed by atoms with Gasteiger partial charge in [-0.25, -0.2) is 0 Å². The molecule has 48 heavy (non-hydrogen) atoms. The normalized spacial score (nSPS) is 21.8. The zero-order valence-corrected chi connectivity index (χ0v) is 31.0. The van der Waals surface area contributed by atoms with Gasteiger partial charge in [0.05, 0.1) is 19.8 Å². The van der Waals surface area contributed by atoms with Crippen LogP contribution >= 0.6 is 0 Å². The van der Waals surface area contributed by atoms with E-state index >= 15 is 0 Å². The summed E-state index contributed by atoms with van der Waals surface area (Å²) in [4.78, 5) is 12.7. The fraction of sp³-hybridized carbons (Fsp3) is 0.974. The van der Waals surface area contributed by atoms with Gasteiger partial charge < -0.3 is 39.4 Å². The van der Waals surface area contributed by atoms with Crippen LogP contribution < -0.4 is 0 Å². The number of aliphatic hydroxyl groups is 4. The van der Waals surface area contributed by atoms with E-state index in [1.807, 2.05) is 0 Å². The van der Waals surface area contributed by atoms with Crippen molar-refractivity contribution in [1.29, 1.82) is 0 Å². The molecule has 0 aromatic carbocycles. The molecule has 1 heterocycles. The summed E-state index contributed by atoms with van der Waals surface area (Å²) in [5.41, 5.74) is 0. The summed E-state index contributed by atoms with van der Waals surface area (Å²) in [5.74, 6) is -0.311. The van der Waals surface area contributed by atoms with Gasteiger partial charge in [-0.15, -0.1) is 0 Å². The van der Waals surface area contributed by atoms with Gasteiger partial charge in [0.1, 0.15) is 30.5 Å². The zero-order chi connectivity index (χ0) is 35.1. The molecular formula is C39H76O9. The molecule has 0 amide bonds. The van der Waals surface area contributed by atoms with Gasteiger partial charge in [-0.3, -0.25) is 4.79 Å². The molecular weight excluding hydrogens is 612 g/mol. The molecule has 1 rings (SSSR count). The third-order valence-corrected chi connectivity index (χ3v) is 9.52. The van der Waals surface area contributed by atoms with Crippen LogP contribution in [0.15, 0.2) is 0 Å². The lowest BCUT2D eigenvalue weighted by Crippen LogP contribution is -2.59. The van der Waals surface area contributed by atoms with E-state index in [1.54, 1.807) is 0 Å². The molecule has 1 fully saturated rings. The minimum atomic E-state index is -1.53. The van der Waals surface area contributed by atoms with Crippen LogP contribution in [0.4, 0.5) is 0 Å². The van der Waals surface area contributed by atoms with E-state index in [-0.39, 0.29) is 19.2 Å². The fourth-order valence-corrected chi connectivity index (χ4v) is 6.32. The van der Waals surface area contributed by atoms with E-state index in [2.05, 4.69) is 13.8 Å². The van der Waals surface area contributed by atoms with Gasteiger partial charge in [-0.2, -0.15) is 0 Å². The van der Waals surface area contributed by atoms with Crippen LogP contribution in [0.2, 0.25) is 0 Å². The Bertz CT molecular complexity index is 707. The van der Waals surface area contributed by atoms with E-state index in [0.29, 0.717) is 13.0 Å². The van der Waals surface area contributed by atoms with Crippen molar-refractivity contribution in [2.24, 2.45) is 0 Å². The second-order valence-corrected chi connectivity index (χ2v) is 14.1. The molecule has 0 aromatic rings. The number of esters is 1. The molecule has 1 saturated heterocycles. The van der Waals surface area contributed by atoms with Crippen LogP contribution in [0, 0.1) is 0 Å². The summed E-state index contributed by atoms with van der Waals surface area (Å²) >= 11 is 0. The first kappa shape index (κ1) is 45.2. The number of ether oxygens (including phenoxy) is 4. The first-order chi connectivity index (χ1) is 23.4. The van der Waals surface area contributed by atoms with Crippen molar-refractivity contribution in [1.82, 2.24) is 0 Å². The maximum atomic E-state index is 12.7. The molecule has 0 aromatic heterocycles. The van der Waals surface area contributed by atoms with Gasteiger partial charge >= 0.3 is 5.97 Å². The monoisotopic (exact) mass is 689 g/mol. The molecule has 4 N–H and O–H groups in total. The summed E-state index contributed by atoms with van der Waals surface area (Å²) in [6.45, 7) is 4.57. The van der Waals surface area contributed by atoms with Gasteiger partial charge in [0.2, 0.25) is 0 Å². The number of hydrogen-bond donors (Lipinski definition) is 4. The average Bonchev–Trinajstić information content (AvgIpc) is 3.08. The highest BCUT2D eigenvalue weighted by Crippen LogP contribution is 2.22. The van der Waals surface area contributed by atoms with E-state index in [1.165, 1.54) is 128 Å². The number of carbonyl (C=O) groups is 1. The molecule has 1 aliphatic heterocycles. The van der Waals surface area contributed by atoms with Crippen LogP contribution in [-0.4, -0.2) is 89.6 Å². The molecule has 0 bridgehead atoms. The first-order valence-corrected chi connectivity index (χ1v) is 20.1. The molecule has 6 atom stereocenters. The van der Waals surface area contributed by atoms with E-state index in [9.17, 15) is 25.2 Å². The number of carbonyl (C=O) groups excluding carboxylic acids is 1. The Balaban J connectivity index is 2.30. The third kappa shape index (κ3) is 23.6. The Kier molecular flexibility index (Phi) is 30.3. The minimum Gasteiger partial charge on any atom is -0.457 e. The molecule has 286 valence electrons. The maximum absolute atomic E-state index is 12.7. The highest BCUT2D eigenvalue weighted by Gasteiger charge is 2.44. The highest BCUT2D eigenvalue weighted by atomic mass is 16.7. The van der Waals surface area contributed by atoms with Crippen LogP contribution in [-0.2, 0) is 23.7 Å². The molecule has 1 aliphatic rings. The summed E-state index contributed by atoms with van der Waals surface area (Å²) in [6, 6.07) is 0. The van der Waals surface area contributed by atoms with Gasteiger partial charge in [-0.05, 0) is 12.8 Å². The molecule has 0 spiro atoms. The molecule has 9 heteroatoms. The summed E-state index contributed by atoms with van der Waals surface area (Å²) in [7, 11) is 0. The minimum absolute atomic E-state index is 0.106. The van der Waals surface area contributed by atoms with Gasteiger partial charge in [0, 0.05) is 13.0 Å². The Hall–Kier alpha value is -0.810. The molecule has 0 aliphatic carbocycles. The van der Waals surface area contributed by atoms with Crippen molar-refractivity contribution in [3.05, 3.63) is 0 Å². The van der Waals surface area contributed by atoms with E-state index in [4.69, 9.17) is 18.9 Å². The van der Waals surface area contributed by atoms with Crippen LogP contribution in [0.3, 0.4) is 0 Å². The molecule has 0 radical (unpaired) electrons. The van der Waals surface area contributed by atoms with E-state index < -0.39 is 43.4 Å².